The van der Waals surface area contributed by atoms with E-state index in [-0.39, 0.29) is 11.5 Å². The summed E-state index contributed by atoms with van der Waals surface area (Å²) in [4.78, 5) is 0. The summed E-state index contributed by atoms with van der Waals surface area (Å²) in [6, 6.07) is 3.39. The minimum Gasteiger partial charge on any atom is -0.504 e. The Labute approximate surface area is 79.0 Å². The molecule has 0 amide bonds. The minimum atomic E-state index is -0.0336. The Hall–Kier alpha value is -0.450. The van der Waals surface area contributed by atoms with E-state index in [0.717, 1.165) is 15.6 Å². The summed E-state index contributed by atoms with van der Waals surface area (Å²) < 4.78 is 0.940. The van der Waals surface area contributed by atoms with Crippen LogP contribution in [0.1, 0.15) is 12.5 Å². The standard InChI is InChI=1S/C8H9IO2/c1-2-5-3-6(9)4-7(10)8(5)11/h3-4,10-11H,2H2,1H3. The Morgan fingerprint density at radius 2 is 2.00 bits per heavy atom. The van der Waals surface area contributed by atoms with Crippen LogP contribution >= 0.6 is 22.6 Å². The van der Waals surface area contributed by atoms with Gasteiger partial charge in [-0.05, 0) is 46.7 Å². The highest BCUT2D eigenvalue weighted by Crippen LogP contribution is 2.30. The van der Waals surface area contributed by atoms with Gasteiger partial charge in [-0.15, -0.1) is 0 Å². The molecule has 11 heavy (non-hydrogen) atoms. The van der Waals surface area contributed by atoms with Gasteiger partial charge in [0.2, 0.25) is 0 Å². The summed E-state index contributed by atoms with van der Waals surface area (Å²) in [5, 5.41) is 18.4. The fourth-order valence-electron chi connectivity index (χ4n) is 0.909. The number of phenolic OH excluding ortho intramolecular Hbond substituents is 2. The number of benzene rings is 1. The molecule has 0 heterocycles. The van der Waals surface area contributed by atoms with Crippen LogP contribution in [0.2, 0.25) is 0 Å². The fraction of sp³-hybridized carbons (Fsp3) is 0.250. The van der Waals surface area contributed by atoms with Crippen molar-refractivity contribution in [1.82, 2.24) is 0 Å². The van der Waals surface area contributed by atoms with E-state index in [0.29, 0.717) is 0 Å². The van der Waals surface area contributed by atoms with E-state index in [1.54, 1.807) is 0 Å². The van der Waals surface area contributed by atoms with Gasteiger partial charge in [0.1, 0.15) is 0 Å². The molecule has 0 saturated carbocycles. The zero-order valence-electron chi connectivity index (χ0n) is 6.13. The lowest BCUT2D eigenvalue weighted by Crippen LogP contribution is -1.83. The van der Waals surface area contributed by atoms with Gasteiger partial charge < -0.3 is 10.2 Å². The molecular formula is C8H9IO2. The summed E-state index contributed by atoms with van der Waals surface area (Å²) in [6.07, 6.45) is 0.732. The second kappa shape index (κ2) is 3.30. The van der Waals surface area contributed by atoms with Crippen LogP contribution in [0.25, 0.3) is 0 Å². The first-order chi connectivity index (χ1) is 5.15. The number of hydrogen-bond acceptors (Lipinski definition) is 2. The molecule has 0 atom stereocenters. The van der Waals surface area contributed by atoms with Gasteiger partial charge in [-0.1, -0.05) is 6.92 Å². The zero-order chi connectivity index (χ0) is 8.43. The van der Waals surface area contributed by atoms with Crippen LogP contribution in [0.15, 0.2) is 12.1 Å². The maximum atomic E-state index is 9.27. The SMILES string of the molecule is CCc1cc(I)cc(O)c1O. The normalized spacial score (nSPS) is 10.0. The molecule has 0 bridgehead atoms. The van der Waals surface area contributed by atoms with Gasteiger partial charge in [-0.2, -0.15) is 0 Å². The summed E-state index contributed by atoms with van der Waals surface area (Å²) in [6.45, 7) is 1.94. The summed E-state index contributed by atoms with van der Waals surface area (Å²) in [5.41, 5.74) is 0.786. The van der Waals surface area contributed by atoms with Gasteiger partial charge in [-0.3, -0.25) is 0 Å². The van der Waals surface area contributed by atoms with Gasteiger partial charge in [0.05, 0.1) is 0 Å². The highest BCUT2D eigenvalue weighted by Gasteiger charge is 2.05. The average molecular weight is 264 g/mol. The third kappa shape index (κ3) is 1.77. The molecule has 0 unspecified atom stereocenters. The van der Waals surface area contributed by atoms with Crippen LogP contribution < -0.4 is 0 Å². The first kappa shape index (κ1) is 8.64. The van der Waals surface area contributed by atoms with Crippen molar-refractivity contribution < 1.29 is 10.2 Å². The molecule has 1 aromatic carbocycles. The van der Waals surface area contributed by atoms with Crippen molar-refractivity contribution in [3.63, 3.8) is 0 Å². The molecule has 0 spiro atoms. The number of phenols is 2. The van der Waals surface area contributed by atoms with E-state index in [1.165, 1.54) is 6.07 Å². The smallest absolute Gasteiger partial charge is 0.160 e. The van der Waals surface area contributed by atoms with Crippen LogP contribution in [0.4, 0.5) is 0 Å². The molecule has 0 saturated heterocycles. The monoisotopic (exact) mass is 264 g/mol. The van der Waals surface area contributed by atoms with E-state index < -0.39 is 0 Å². The third-order valence-electron chi connectivity index (χ3n) is 1.51. The molecule has 2 nitrogen and oxygen atoms in total. The van der Waals surface area contributed by atoms with Gasteiger partial charge in [0, 0.05) is 3.57 Å². The molecule has 60 valence electrons. The molecule has 0 fully saturated rings. The Balaban J connectivity index is 3.24. The second-order valence-electron chi connectivity index (χ2n) is 2.29. The van der Waals surface area contributed by atoms with E-state index in [1.807, 2.05) is 13.0 Å². The molecule has 0 aliphatic rings. The molecule has 1 aromatic rings. The summed E-state index contributed by atoms with van der Waals surface area (Å²) in [5.74, 6) is -0.0262. The first-order valence-corrected chi connectivity index (χ1v) is 4.43. The topological polar surface area (TPSA) is 40.5 Å². The maximum Gasteiger partial charge on any atom is 0.160 e. The number of halogens is 1. The average Bonchev–Trinajstić information content (AvgIpc) is 1.96. The van der Waals surface area contributed by atoms with E-state index in [9.17, 15) is 5.11 Å². The van der Waals surface area contributed by atoms with E-state index >= 15 is 0 Å². The first-order valence-electron chi connectivity index (χ1n) is 3.35. The van der Waals surface area contributed by atoms with Crippen molar-refractivity contribution in [1.29, 1.82) is 0 Å². The zero-order valence-corrected chi connectivity index (χ0v) is 8.29. The van der Waals surface area contributed by atoms with Gasteiger partial charge in [-0.25, -0.2) is 0 Å². The Kier molecular flexibility index (Phi) is 2.59. The molecule has 2 N–H and O–H groups in total. The predicted molar refractivity (Wildman–Crippen MR) is 51.9 cm³/mol. The lowest BCUT2D eigenvalue weighted by Gasteiger charge is -2.03. The van der Waals surface area contributed by atoms with Crippen LogP contribution in [-0.4, -0.2) is 10.2 Å². The largest absolute Gasteiger partial charge is 0.504 e. The maximum absolute atomic E-state index is 9.27. The highest BCUT2D eigenvalue weighted by molar-refractivity contribution is 14.1. The molecule has 0 aliphatic carbocycles. The Bertz CT molecular complexity index is 271. The number of aryl methyl sites for hydroxylation is 1. The van der Waals surface area contributed by atoms with Gasteiger partial charge in [0.25, 0.3) is 0 Å². The van der Waals surface area contributed by atoms with Gasteiger partial charge >= 0.3 is 0 Å². The molecule has 1 rings (SSSR count). The molecule has 0 aliphatic heterocycles. The number of rotatable bonds is 1. The highest BCUT2D eigenvalue weighted by atomic mass is 127. The van der Waals surface area contributed by atoms with Crippen LogP contribution in [0, 0.1) is 3.57 Å². The molecule has 0 radical (unpaired) electrons. The fourth-order valence-corrected chi connectivity index (χ4v) is 1.58. The quantitative estimate of drug-likeness (QED) is 0.603. The third-order valence-corrected chi connectivity index (χ3v) is 2.14. The summed E-state index contributed by atoms with van der Waals surface area (Å²) >= 11 is 2.10. The Morgan fingerprint density at radius 3 is 2.55 bits per heavy atom. The van der Waals surface area contributed by atoms with Crippen molar-refractivity contribution in [2.24, 2.45) is 0 Å². The van der Waals surface area contributed by atoms with Crippen molar-refractivity contribution >= 4 is 22.6 Å². The molecule has 3 heteroatoms. The molecule has 0 aromatic heterocycles. The summed E-state index contributed by atoms with van der Waals surface area (Å²) in [7, 11) is 0. The van der Waals surface area contributed by atoms with Gasteiger partial charge in [0.15, 0.2) is 11.5 Å². The van der Waals surface area contributed by atoms with Crippen molar-refractivity contribution in [2.45, 2.75) is 13.3 Å². The van der Waals surface area contributed by atoms with Crippen molar-refractivity contribution in [3.8, 4) is 11.5 Å². The number of hydrogen-bond donors (Lipinski definition) is 2. The lowest BCUT2D eigenvalue weighted by molar-refractivity contribution is 0.399. The number of aromatic hydroxyl groups is 2. The minimum absolute atomic E-state index is 0.00733. The van der Waals surface area contributed by atoms with Crippen LogP contribution in [0.3, 0.4) is 0 Å². The second-order valence-corrected chi connectivity index (χ2v) is 3.53. The van der Waals surface area contributed by atoms with E-state index in [2.05, 4.69) is 22.6 Å². The van der Waals surface area contributed by atoms with Crippen molar-refractivity contribution in [2.75, 3.05) is 0 Å². The Morgan fingerprint density at radius 1 is 1.36 bits per heavy atom. The van der Waals surface area contributed by atoms with E-state index in [4.69, 9.17) is 5.11 Å². The van der Waals surface area contributed by atoms with Crippen LogP contribution in [-0.2, 0) is 6.42 Å². The predicted octanol–water partition coefficient (Wildman–Crippen LogP) is 2.26. The van der Waals surface area contributed by atoms with Crippen molar-refractivity contribution in [3.05, 3.63) is 21.3 Å². The lowest BCUT2D eigenvalue weighted by atomic mass is 10.1. The van der Waals surface area contributed by atoms with Crippen LogP contribution in [0.5, 0.6) is 11.5 Å². The molecular weight excluding hydrogens is 255 g/mol.